The molecule has 1 aromatic carbocycles. The van der Waals surface area contributed by atoms with Gasteiger partial charge in [0.25, 0.3) is 0 Å². The van der Waals surface area contributed by atoms with Gasteiger partial charge in [0.05, 0.1) is 6.42 Å². The number of sulfone groups is 1. The molecule has 1 amide bonds. The zero-order valence-electron chi connectivity index (χ0n) is 12.5. The lowest BCUT2D eigenvalue weighted by Crippen LogP contribution is -2.37. The van der Waals surface area contributed by atoms with Gasteiger partial charge in [0.2, 0.25) is 5.91 Å². The molecule has 0 spiro atoms. The van der Waals surface area contributed by atoms with Crippen LogP contribution in [0.15, 0.2) is 18.2 Å². The van der Waals surface area contributed by atoms with Crippen molar-refractivity contribution in [2.75, 3.05) is 18.1 Å². The van der Waals surface area contributed by atoms with Crippen LogP contribution in [0, 0.1) is 11.6 Å². The molecule has 0 heterocycles. The maximum atomic E-state index is 13.2. The van der Waals surface area contributed by atoms with Gasteiger partial charge in [-0.05, 0) is 17.7 Å². The molecule has 0 unspecified atom stereocenters. The van der Waals surface area contributed by atoms with Crippen molar-refractivity contribution in [1.29, 1.82) is 0 Å². The molecule has 0 aromatic heterocycles. The van der Waals surface area contributed by atoms with Crippen molar-refractivity contribution in [3.8, 4) is 0 Å². The Bertz CT molecular complexity index is 690. The maximum absolute atomic E-state index is 13.2. The third kappa shape index (κ3) is 6.31. The lowest BCUT2D eigenvalue weighted by molar-refractivity contribution is -0.138. The van der Waals surface area contributed by atoms with Crippen LogP contribution in [0.4, 0.5) is 8.78 Å². The Labute approximate surface area is 132 Å². The minimum atomic E-state index is -3.58. The Morgan fingerprint density at radius 3 is 2.39 bits per heavy atom. The van der Waals surface area contributed by atoms with E-state index in [1.165, 1.54) is 13.0 Å². The lowest BCUT2D eigenvalue weighted by Gasteiger charge is -2.22. The topological polar surface area (TPSA) is 91.8 Å². The summed E-state index contributed by atoms with van der Waals surface area (Å²) in [6.45, 7) is 0.953. The highest BCUT2D eigenvalue weighted by Crippen LogP contribution is 2.12. The highest BCUT2D eigenvalue weighted by molar-refractivity contribution is 7.92. The third-order valence-electron chi connectivity index (χ3n) is 3.09. The van der Waals surface area contributed by atoms with Crippen LogP contribution in [0.2, 0.25) is 0 Å². The van der Waals surface area contributed by atoms with Gasteiger partial charge in [-0.3, -0.25) is 9.59 Å². The first kappa shape index (κ1) is 19.0. The SMILES string of the molecule is CCS(=O)(=O)CC(=O)N(CCC(=O)O)Cc1ccc(F)c(F)c1. The lowest BCUT2D eigenvalue weighted by atomic mass is 10.2. The smallest absolute Gasteiger partial charge is 0.305 e. The van der Waals surface area contributed by atoms with Crippen LogP contribution in [0.25, 0.3) is 0 Å². The van der Waals surface area contributed by atoms with Crippen molar-refractivity contribution in [3.63, 3.8) is 0 Å². The molecule has 0 aliphatic carbocycles. The molecule has 0 saturated heterocycles. The van der Waals surface area contributed by atoms with Gasteiger partial charge >= 0.3 is 5.97 Å². The van der Waals surface area contributed by atoms with Crippen molar-refractivity contribution in [2.24, 2.45) is 0 Å². The summed E-state index contributed by atoms with van der Waals surface area (Å²) in [7, 11) is -3.58. The molecular formula is C14H17F2NO5S. The average molecular weight is 349 g/mol. The molecular weight excluding hydrogens is 332 g/mol. The highest BCUT2D eigenvalue weighted by atomic mass is 32.2. The molecule has 0 aliphatic heterocycles. The molecule has 23 heavy (non-hydrogen) atoms. The minimum Gasteiger partial charge on any atom is -0.481 e. The molecule has 1 N–H and O–H groups in total. The second kappa shape index (κ2) is 8.00. The predicted octanol–water partition coefficient (Wildman–Crippen LogP) is 1.20. The number of carboxylic acids is 1. The van der Waals surface area contributed by atoms with Gasteiger partial charge < -0.3 is 10.0 Å². The van der Waals surface area contributed by atoms with Crippen LogP contribution in [-0.2, 0) is 26.0 Å². The van der Waals surface area contributed by atoms with Crippen molar-refractivity contribution >= 4 is 21.7 Å². The summed E-state index contributed by atoms with van der Waals surface area (Å²) in [5, 5.41) is 8.70. The number of hydrogen-bond donors (Lipinski definition) is 1. The van der Waals surface area contributed by atoms with Crippen molar-refractivity contribution in [3.05, 3.63) is 35.4 Å². The molecule has 0 bridgehead atoms. The molecule has 0 atom stereocenters. The van der Waals surface area contributed by atoms with E-state index >= 15 is 0 Å². The molecule has 9 heteroatoms. The number of nitrogens with zero attached hydrogens (tertiary/aromatic N) is 1. The zero-order chi connectivity index (χ0) is 17.6. The molecule has 128 valence electrons. The van der Waals surface area contributed by atoms with E-state index in [9.17, 15) is 26.8 Å². The van der Waals surface area contributed by atoms with E-state index < -0.39 is 39.1 Å². The average Bonchev–Trinajstić information content (AvgIpc) is 2.46. The van der Waals surface area contributed by atoms with Gasteiger partial charge in [0, 0.05) is 18.8 Å². The fourth-order valence-electron chi connectivity index (χ4n) is 1.76. The number of halogens is 2. The standard InChI is InChI=1S/C14H17F2NO5S/c1-2-23(21,22)9-13(18)17(6-5-14(19)20)8-10-3-4-11(15)12(16)7-10/h3-4,7H,2,5-6,8-9H2,1H3,(H,19,20). The van der Waals surface area contributed by atoms with E-state index in [4.69, 9.17) is 5.11 Å². The van der Waals surface area contributed by atoms with Gasteiger partial charge in [-0.25, -0.2) is 17.2 Å². The summed E-state index contributed by atoms with van der Waals surface area (Å²) >= 11 is 0. The molecule has 0 saturated carbocycles. The Morgan fingerprint density at radius 1 is 1.22 bits per heavy atom. The molecule has 0 aliphatic rings. The number of carboxylic acid groups (broad SMARTS) is 1. The zero-order valence-corrected chi connectivity index (χ0v) is 13.3. The van der Waals surface area contributed by atoms with E-state index in [1.807, 2.05) is 0 Å². The Balaban J connectivity index is 2.92. The fourth-order valence-corrected chi connectivity index (χ4v) is 2.53. The van der Waals surface area contributed by atoms with Gasteiger partial charge in [-0.15, -0.1) is 0 Å². The van der Waals surface area contributed by atoms with Crippen LogP contribution in [-0.4, -0.2) is 48.4 Å². The van der Waals surface area contributed by atoms with Crippen LogP contribution >= 0.6 is 0 Å². The monoisotopic (exact) mass is 349 g/mol. The summed E-state index contributed by atoms with van der Waals surface area (Å²) in [6, 6.07) is 3.01. The minimum absolute atomic E-state index is 0.206. The van der Waals surface area contributed by atoms with Crippen LogP contribution in [0.5, 0.6) is 0 Å². The first-order valence-corrected chi connectivity index (χ1v) is 8.60. The Morgan fingerprint density at radius 2 is 1.87 bits per heavy atom. The van der Waals surface area contributed by atoms with Gasteiger partial charge in [0.15, 0.2) is 21.5 Å². The van der Waals surface area contributed by atoms with E-state index in [1.54, 1.807) is 0 Å². The second-order valence-electron chi connectivity index (χ2n) is 4.88. The summed E-state index contributed by atoms with van der Waals surface area (Å²) in [5.41, 5.74) is 0.233. The van der Waals surface area contributed by atoms with E-state index in [0.717, 1.165) is 17.0 Å². The first-order chi connectivity index (χ1) is 10.6. The highest BCUT2D eigenvalue weighted by Gasteiger charge is 2.21. The second-order valence-corrected chi connectivity index (χ2v) is 7.24. The van der Waals surface area contributed by atoms with Crippen LogP contribution in [0.3, 0.4) is 0 Å². The number of aliphatic carboxylic acids is 1. The largest absolute Gasteiger partial charge is 0.481 e. The molecule has 0 fully saturated rings. The van der Waals surface area contributed by atoms with Gasteiger partial charge in [-0.1, -0.05) is 13.0 Å². The molecule has 1 aromatic rings. The molecule has 6 nitrogen and oxygen atoms in total. The first-order valence-electron chi connectivity index (χ1n) is 6.78. The fraction of sp³-hybridized carbons (Fsp3) is 0.429. The molecule has 0 radical (unpaired) electrons. The summed E-state index contributed by atoms with van der Waals surface area (Å²) in [6.07, 6.45) is -0.387. The van der Waals surface area contributed by atoms with Crippen molar-refractivity contribution < 1.29 is 31.9 Å². The number of amides is 1. The molecule has 1 rings (SSSR count). The summed E-state index contributed by atoms with van der Waals surface area (Å²) in [5.74, 6) is -5.08. The van der Waals surface area contributed by atoms with Gasteiger partial charge in [0.1, 0.15) is 5.75 Å². The number of rotatable bonds is 8. The van der Waals surface area contributed by atoms with E-state index in [-0.39, 0.29) is 30.8 Å². The van der Waals surface area contributed by atoms with Crippen LogP contribution < -0.4 is 0 Å². The number of hydrogen-bond acceptors (Lipinski definition) is 4. The van der Waals surface area contributed by atoms with E-state index in [2.05, 4.69) is 0 Å². The van der Waals surface area contributed by atoms with Crippen LogP contribution in [0.1, 0.15) is 18.9 Å². The number of carbonyl (C=O) groups is 2. The normalized spacial score (nSPS) is 11.3. The Hall–Kier alpha value is -2.03. The van der Waals surface area contributed by atoms with Crippen molar-refractivity contribution in [2.45, 2.75) is 19.9 Å². The van der Waals surface area contributed by atoms with Gasteiger partial charge in [-0.2, -0.15) is 0 Å². The number of benzene rings is 1. The quantitative estimate of drug-likeness (QED) is 0.761. The Kier molecular flexibility index (Phi) is 6.62. The third-order valence-corrected chi connectivity index (χ3v) is 4.66. The van der Waals surface area contributed by atoms with Crippen molar-refractivity contribution in [1.82, 2.24) is 4.90 Å². The maximum Gasteiger partial charge on any atom is 0.305 e. The summed E-state index contributed by atoms with van der Waals surface area (Å²) < 4.78 is 49.2. The summed E-state index contributed by atoms with van der Waals surface area (Å²) in [4.78, 5) is 23.7. The number of carbonyl (C=O) groups excluding carboxylic acids is 1. The predicted molar refractivity (Wildman–Crippen MR) is 78.4 cm³/mol. The van der Waals surface area contributed by atoms with E-state index in [0.29, 0.717) is 0 Å².